The first-order chi connectivity index (χ1) is 16.7. The van der Waals surface area contributed by atoms with E-state index >= 15 is 0 Å². The van der Waals surface area contributed by atoms with Gasteiger partial charge >= 0.3 is 18.0 Å². The fourth-order valence-corrected chi connectivity index (χ4v) is 4.63. The second-order valence-electron chi connectivity index (χ2n) is 7.95. The Kier molecular flexibility index (Phi) is 6.79. The highest BCUT2D eigenvalue weighted by Crippen LogP contribution is 2.44. The Morgan fingerprint density at radius 2 is 1.71 bits per heavy atom. The standard InChI is InChI=1S/C24H21F2N3O5S/c1-13(21-29-19(11-35-21)20(30)27-12-24(25,26)22(31)32)28-23(33)34-10-18-16-8-4-2-6-14(16)15-7-3-5-9-17(15)18/h2-9,11,13,18H,10,12H2,1H3,(H,27,30)(H,28,33)(H,31,32). The fourth-order valence-electron chi connectivity index (χ4n) is 3.83. The van der Waals surface area contributed by atoms with E-state index < -0.39 is 36.5 Å². The number of rotatable bonds is 8. The van der Waals surface area contributed by atoms with Crippen LogP contribution in [0.25, 0.3) is 11.1 Å². The molecule has 1 heterocycles. The Morgan fingerprint density at radius 1 is 1.11 bits per heavy atom. The molecule has 2 aromatic carbocycles. The van der Waals surface area contributed by atoms with Crippen LogP contribution in [0.5, 0.6) is 0 Å². The van der Waals surface area contributed by atoms with Crippen LogP contribution in [0.4, 0.5) is 13.6 Å². The van der Waals surface area contributed by atoms with Gasteiger partial charge in [-0.05, 0) is 29.2 Å². The molecule has 1 aromatic heterocycles. The molecule has 3 aromatic rings. The van der Waals surface area contributed by atoms with E-state index in [1.54, 1.807) is 6.92 Å². The normalized spacial score (nSPS) is 13.5. The summed E-state index contributed by atoms with van der Waals surface area (Å²) >= 11 is 1.05. The van der Waals surface area contributed by atoms with Crippen LogP contribution in [0.1, 0.15) is 45.5 Å². The van der Waals surface area contributed by atoms with Crippen molar-refractivity contribution in [1.29, 1.82) is 0 Å². The van der Waals surface area contributed by atoms with Gasteiger partial charge in [0, 0.05) is 11.3 Å². The molecule has 0 aliphatic heterocycles. The molecule has 1 unspecified atom stereocenters. The molecule has 4 rings (SSSR count). The van der Waals surface area contributed by atoms with Gasteiger partial charge in [0.2, 0.25) is 0 Å². The molecule has 0 radical (unpaired) electrons. The topological polar surface area (TPSA) is 118 Å². The number of thiazole rings is 1. The van der Waals surface area contributed by atoms with Crippen LogP contribution in [0.3, 0.4) is 0 Å². The second-order valence-corrected chi connectivity index (χ2v) is 8.84. The number of nitrogens with one attached hydrogen (secondary N) is 2. The maximum atomic E-state index is 13.2. The van der Waals surface area contributed by atoms with Gasteiger partial charge in [-0.1, -0.05) is 48.5 Å². The van der Waals surface area contributed by atoms with E-state index in [2.05, 4.69) is 10.3 Å². The van der Waals surface area contributed by atoms with Gasteiger partial charge in [-0.2, -0.15) is 8.78 Å². The van der Waals surface area contributed by atoms with E-state index in [1.165, 1.54) is 5.38 Å². The molecule has 3 N–H and O–H groups in total. The monoisotopic (exact) mass is 501 g/mol. The molecular formula is C24H21F2N3O5S. The number of benzene rings is 2. The molecule has 11 heteroatoms. The third-order valence-corrected chi connectivity index (χ3v) is 6.61. The molecular weight excluding hydrogens is 480 g/mol. The van der Waals surface area contributed by atoms with Crippen molar-refractivity contribution in [3.8, 4) is 11.1 Å². The molecule has 1 atom stereocenters. The minimum atomic E-state index is -4.09. The van der Waals surface area contributed by atoms with Crippen LogP contribution in [0, 0.1) is 0 Å². The molecule has 1 aliphatic rings. The van der Waals surface area contributed by atoms with Crippen molar-refractivity contribution in [2.24, 2.45) is 0 Å². The summed E-state index contributed by atoms with van der Waals surface area (Å²) in [4.78, 5) is 39.0. The molecule has 0 saturated carbocycles. The number of carbonyl (C=O) groups is 3. The van der Waals surface area contributed by atoms with Gasteiger partial charge in [-0.3, -0.25) is 4.79 Å². The van der Waals surface area contributed by atoms with Gasteiger partial charge in [-0.25, -0.2) is 14.6 Å². The molecule has 182 valence electrons. The summed E-state index contributed by atoms with van der Waals surface area (Å²) in [6.45, 7) is 0.415. The number of alkyl carbamates (subject to hydrolysis) is 1. The van der Waals surface area contributed by atoms with Crippen LogP contribution in [0.2, 0.25) is 0 Å². The third kappa shape index (κ3) is 5.14. The molecule has 8 nitrogen and oxygen atoms in total. The number of carboxylic acids is 1. The number of carboxylic acid groups (broad SMARTS) is 1. The van der Waals surface area contributed by atoms with Crippen molar-refractivity contribution in [2.45, 2.75) is 24.8 Å². The zero-order valence-electron chi connectivity index (χ0n) is 18.5. The number of aromatic nitrogens is 1. The average Bonchev–Trinajstić information content (AvgIpc) is 3.45. The van der Waals surface area contributed by atoms with Crippen LogP contribution >= 0.6 is 11.3 Å². The Bertz CT molecular complexity index is 1230. The lowest BCUT2D eigenvalue weighted by atomic mass is 9.98. The van der Waals surface area contributed by atoms with E-state index in [9.17, 15) is 23.2 Å². The number of amides is 2. The van der Waals surface area contributed by atoms with Crippen molar-refractivity contribution < 1.29 is 33.0 Å². The SMILES string of the molecule is CC(NC(=O)OCC1c2ccccc2-c2ccccc21)c1nc(C(=O)NCC(F)(F)C(=O)O)cs1. The quantitative estimate of drug-likeness (QED) is 0.426. The molecule has 0 saturated heterocycles. The Labute approximate surface area is 203 Å². The number of aliphatic carboxylic acids is 1. The average molecular weight is 502 g/mol. The van der Waals surface area contributed by atoms with Crippen LogP contribution in [-0.2, 0) is 9.53 Å². The Hall–Kier alpha value is -3.86. The van der Waals surface area contributed by atoms with Gasteiger partial charge in [0.1, 0.15) is 17.3 Å². The third-order valence-electron chi connectivity index (χ3n) is 5.59. The highest BCUT2D eigenvalue weighted by molar-refractivity contribution is 7.09. The molecule has 35 heavy (non-hydrogen) atoms. The number of ether oxygens (including phenoxy) is 1. The first-order valence-electron chi connectivity index (χ1n) is 10.6. The highest BCUT2D eigenvalue weighted by atomic mass is 32.1. The minimum Gasteiger partial charge on any atom is -0.477 e. The summed E-state index contributed by atoms with van der Waals surface area (Å²) < 4.78 is 31.8. The van der Waals surface area contributed by atoms with Crippen LogP contribution < -0.4 is 10.6 Å². The zero-order chi connectivity index (χ0) is 25.2. The number of hydrogen-bond acceptors (Lipinski definition) is 6. The first kappa shape index (κ1) is 24.3. The van der Waals surface area contributed by atoms with Gasteiger partial charge < -0.3 is 20.5 Å². The summed E-state index contributed by atoms with van der Waals surface area (Å²) in [5, 5.41) is 14.6. The summed E-state index contributed by atoms with van der Waals surface area (Å²) in [5.74, 6) is -7.46. The minimum absolute atomic E-state index is 0.0949. The molecule has 0 bridgehead atoms. The van der Waals surface area contributed by atoms with Crippen molar-refractivity contribution >= 4 is 29.3 Å². The lowest BCUT2D eigenvalue weighted by molar-refractivity contribution is -0.163. The van der Waals surface area contributed by atoms with Crippen LogP contribution in [0.15, 0.2) is 53.9 Å². The lowest BCUT2D eigenvalue weighted by Crippen LogP contribution is -2.42. The van der Waals surface area contributed by atoms with Gasteiger partial charge in [-0.15, -0.1) is 11.3 Å². The van der Waals surface area contributed by atoms with E-state index in [4.69, 9.17) is 9.84 Å². The molecule has 1 aliphatic carbocycles. The van der Waals surface area contributed by atoms with E-state index in [0.29, 0.717) is 5.01 Å². The van der Waals surface area contributed by atoms with Crippen molar-refractivity contribution in [3.05, 3.63) is 75.7 Å². The van der Waals surface area contributed by atoms with Gasteiger partial charge in [0.05, 0.1) is 12.6 Å². The van der Waals surface area contributed by atoms with Crippen molar-refractivity contribution in [3.63, 3.8) is 0 Å². The van der Waals surface area contributed by atoms with Crippen LogP contribution in [-0.4, -0.2) is 47.1 Å². The number of alkyl halides is 2. The maximum Gasteiger partial charge on any atom is 0.407 e. The first-order valence-corrected chi connectivity index (χ1v) is 11.5. The summed E-state index contributed by atoms with van der Waals surface area (Å²) in [7, 11) is 0. The van der Waals surface area contributed by atoms with Gasteiger partial charge in [0.25, 0.3) is 5.91 Å². The number of halogens is 2. The van der Waals surface area contributed by atoms with E-state index in [0.717, 1.165) is 33.6 Å². The molecule has 2 amide bonds. The lowest BCUT2D eigenvalue weighted by Gasteiger charge is -2.16. The largest absolute Gasteiger partial charge is 0.477 e. The molecule has 0 spiro atoms. The second kappa shape index (κ2) is 9.79. The van der Waals surface area contributed by atoms with Gasteiger partial charge in [0.15, 0.2) is 0 Å². The highest BCUT2D eigenvalue weighted by Gasteiger charge is 2.39. The summed E-state index contributed by atoms with van der Waals surface area (Å²) in [6.07, 6.45) is -0.665. The maximum absolute atomic E-state index is 13.2. The Morgan fingerprint density at radius 3 is 2.31 bits per heavy atom. The molecule has 0 fully saturated rings. The van der Waals surface area contributed by atoms with Crippen molar-refractivity contribution in [2.75, 3.05) is 13.2 Å². The Balaban J connectivity index is 1.33. The summed E-state index contributed by atoms with van der Waals surface area (Å²) in [6, 6.07) is 15.3. The number of nitrogens with zero attached hydrogens (tertiary/aromatic N) is 1. The summed E-state index contributed by atoms with van der Waals surface area (Å²) in [5.41, 5.74) is 4.23. The predicted molar refractivity (Wildman–Crippen MR) is 124 cm³/mol. The van der Waals surface area contributed by atoms with Crippen molar-refractivity contribution in [1.82, 2.24) is 15.6 Å². The predicted octanol–water partition coefficient (Wildman–Crippen LogP) is 4.19. The number of fused-ring (bicyclic) bond motifs is 3. The fraction of sp³-hybridized carbons (Fsp3) is 0.250. The zero-order valence-corrected chi connectivity index (χ0v) is 19.3. The van der Waals surface area contributed by atoms with E-state index in [-0.39, 0.29) is 18.2 Å². The smallest absolute Gasteiger partial charge is 0.407 e. The number of hydrogen-bond donors (Lipinski definition) is 3. The number of carbonyl (C=O) groups excluding carboxylic acids is 2. The van der Waals surface area contributed by atoms with E-state index in [1.807, 2.05) is 53.8 Å².